The second-order valence-corrected chi connectivity index (χ2v) is 10.8. The van der Waals surface area contributed by atoms with Crippen molar-refractivity contribution >= 4 is 38.9 Å². The number of benzene rings is 2. The Balaban J connectivity index is 1.31. The van der Waals surface area contributed by atoms with Crippen LogP contribution in [0.5, 0.6) is 0 Å². The van der Waals surface area contributed by atoms with Crippen molar-refractivity contribution in [3.05, 3.63) is 82.0 Å². The van der Waals surface area contributed by atoms with Gasteiger partial charge in [0.2, 0.25) is 15.9 Å². The molecule has 9 heteroatoms. The third kappa shape index (κ3) is 5.87. The molecule has 172 valence electrons. The molecule has 0 spiro atoms. The van der Waals surface area contributed by atoms with Gasteiger partial charge in [0.05, 0.1) is 17.9 Å². The number of thiophene rings is 1. The van der Waals surface area contributed by atoms with Gasteiger partial charge in [0.1, 0.15) is 0 Å². The standard InChI is InChI=1S/C24H25N3O4S2/c28-23(25-17-21-4-3-15-32-21)16-18-5-9-20(10-6-18)26-24(29)19-7-11-22(12-8-19)33(30,31)27-13-1-2-14-27/h3-12,15H,1-2,13-14,16-17H2,(H,25,28)(H,26,29). The van der Waals surface area contributed by atoms with E-state index in [1.54, 1.807) is 35.6 Å². The Hall–Kier alpha value is -3.01. The first kappa shape index (κ1) is 23.2. The maximum atomic E-state index is 12.6. The number of amides is 2. The summed E-state index contributed by atoms with van der Waals surface area (Å²) in [5.74, 6) is -0.397. The lowest BCUT2D eigenvalue weighted by Crippen LogP contribution is -2.27. The summed E-state index contributed by atoms with van der Waals surface area (Å²) in [6.45, 7) is 1.59. The SMILES string of the molecule is O=C(Cc1ccc(NC(=O)c2ccc(S(=O)(=O)N3CCCC3)cc2)cc1)NCc1cccs1. The quantitative estimate of drug-likeness (QED) is 0.511. The van der Waals surface area contributed by atoms with E-state index in [0.717, 1.165) is 23.3 Å². The molecule has 2 amide bonds. The Morgan fingerprint density at radius 1 is 0.939 bits per heavy atom. The highest BCUT2D eigenvalue weighted by Crippen LogP contribution is 2.21. The molecule has 1 aliphatic heterocycles. The Morgan fingerprint density at radius 2 is 1.64 bits per heavy atom. The summed E-state index contributed by atoms with van der Waals surface area (Å²) >= 11 is 1.60. The smallest absolute Gasteiger partial charge is 0.255 e. The molecule has 1 aliphatic rings. The molecule has 0 saturated carbocycles. The predicted molar refractivity (Wildman–Crippen MR) is 129 cm³/mol. The van der Waals surface area contributed by atoms with Crippen LogP contribution >= 0.6 is 11.3 Å². The highest BCUT2D eigenvalue weighted by atomic mass is 32.2. The molecule has 0 bridgehead atoms. The van der Waals surface area contributed by atoms with Gasteiger partial charge in [-0.15, -0.1) is 11.3 Å². The second kappa shape index (κ2) is 10.3. The molecule has 0 atom stereocenters. The van der Waals surface area contributed by atoms with Gasteiger partial charge >= 0.3 is 0 Å². The van der Waals surface area contributed by atoms with Crippen LogP contribution in [-0.4, -0.2) is 37.6 Å². The first-order valence-corrected chi connectivity index (χ1v) is 13.0. The predicted octanol–water partition coefficient (Wildman–Crippen LogP) is 3.64. The van der Waals surface area contributed by atoms with Crippen molar-refractivity contribution in [2.45, 2.75) is 30.7 Å². The fourth-order valence-electron chi connectivity index (χ4n) is 3.61. The molecular formula is C24H25N3O4S2. The average Bonchev–Trinajstić information content (AvgIpc) is 3.54. The molecule has 2 aromatic carbocycles. The van der Waals surface area contributed by atoms with E-state index < -0.39 is 10.0 Å². The van der Waals surface area contributed by atoms with Crippen LogP contribution in [0.1, 0.15) is 33.6 Å². The molecule has 1 fully saturated rings. The van der Waals surface area contributed by atoms with Crippen LogP contribution in [-0.2, 0) is 27.8 Å². The fourth-order valence-corrected chi connectivity index (χ4v) is 5.77. The summed E-state index contributed by atoms with van der Waals surface area (Å²) in [5.41, 5.74) is 1.80. The van der Waals surface area contributed by atoms with Crippen molar-refractivity contribution < 1.29 is 18.0 Å². The molecule has 7 nitrogen and oxygen atoms in total. The van der Waals surface area contributed by atoms with Crippen LogP contribution in [0.2, 0.25) is 0 Å². The van der Waals surface area contributed by atoms with Gasteiger partial charge in [-0.1, -0.05) is 18.2 Å². The van der Waals surface area contributed by atoms with Gasteiger partial charge in [-0.05, 0) is 66.2 Å². The summed E-state index contributed by atoms with van der Waals surface area (Å²) in [4.78, 5) is 26.0. The van der Waals surface area contributed by atoms with E-state index in [2.05, 4.69) is 10.6 Å². The van der Waals surface area contributed by atoms with Gasteiger partial charge < -0.3 is 10.6 Å². The van der Waals surface area contributed by atoms with Gasteiger partial charge in [0, 0.05) is 29.2 Å². The van der Waals surface area contributed by atoms with Crippen molar-refractivity contribution in [3.63, 3.8) is 0 Å². The fraction of sp³-hybridized carbons (Fsp3) is 0.250. The maximum Gasteiger partial charge on any atom is 0.255 e. The number of carbonyl (C=O) groups excluding carboxylic acids is 2. The minimum atomic E-state index is -3.50. The van der Waals surface area contributed by atoms with E-state index >= 15 is 0 Å². The van der Waals surface area contributed by atoms with E-state index in [1.807, 2.05) is 17.5 Å². The topological polar surface area (TPSA) is 95.6 Å². The Morgan fingerprint density at radius 3 is 2.27 bits per heavy atom. The lowest BCUT2D eigenvalue weighted by Gasteiger charge is -2.15. The Kier molecular flexibility index (Phi) is 7.22. The number of nitrogens with one attached hydrogen (secondary N) is 2. The second-order valence-electron chi connectivity index (χ2n) is 7.82. The zero-order valence-corrected chi connectivity index (χ0v) is 19.6. The van der Waals surface area contributed by atoms with E-state index in [1.165, 1.54) is 28.6 Å². The van der Waals surface area contributed by atoms with Crippen LogP contribution < -0.4 is 10.6 Å². The number of nitrogens with zero attached hydrogens (tertiary/aromatic N) is 1. The number of hydrogen-bond donors (Lipinski definition) is 2. The summed E-state index contributed by atoms with van der Waals surface area (Å²) in [7, 11) is -3.50. The molecular weight excluding hydrogens is 458 g/mol. The van der Waals surface area contributed by atoms with Crippen LogP contribution in [0.3, 0.4) is 0 Å². The molecule has 3 aromatic rings. The van der Waals surface area contributed by atoms with Crippen molar-refractivity contribution in [2.24, 2.45) is 0 Å². The van der Waals surface area contributed by atoms with Gasteiger partial charge in [0.25, 0.3) is 5.91 Å². The molecule has 0 unspecified atom stereocenters. The van der Waals surface area contributed by atoms with Gasteiger partial charge in [-0.3, -0.25) is 9.59 Å². The van der Waals surface area contributed by atoms with Crippen LogP contribution in [0.15, 0.2) is 70.9 Å². The molecule has 4 rings (SSSR count). The van der Waals surface area contributed by atoms with Crippen molar-refractivity contribution in [2.75, 3.05) is 18.4 Å². The molecule has 33 heavy (non-hydrogen) atoms. The Labute approximate surface area is 197 Å². The molecule has 2 N–H and O–H groups in total. The lowest BCUT2D eigenvalue weighted by molar-refractivity contribution is -0.120. The van der Waals surface area contributed by atoms with Gasteiger partial charge in [0.15, 0.2) is 0 Å². The minimum Gasteiger partial charge on any atom is -0.351 e. The van der Waals surface area contributed by atoms with Crippen molar-refractivity contribution in [1.29, 1.82) is 0 Å². The molecule has 1 saturated heterocycles. The van der Waals surface area contributed by atoms with Crippen LogP contribution in [0.25, 0.3) is 0 Å². The maximum absolute atomic E-state index is 12.6. The van der Waals surface area contributed by atoms with Crippen LogP contribution in [0, 0.1) is 0 Å². The van der Waals surface area contributed by atoms with E-state index in [4.69, 9.17) is 0 Å². The zero-order valence-electron chi connectivity index (χ0n) is 18.0. The summed E-state index contributed by atoms with van der Waals surface area (Å²) < 4.78 is 26.7. The lowest BCUT2D eigenvalue weighted by atomic mass is 10.1. The number of hydrogen-bond acceptors (Lipinski definition) is 5. The van der Waals surface area contributed by atoms with Crippen molar-refractivity contribution in [3.8, 4) is 0 Å². The minimum absolute atomic E-state index is 0.0656. The van der Waals surface area contributed by atoms with E-state index in [-0.39, 0.29) is 23.1 Å². The number of carbonyl (C=O) groups is 2. The molecule has 2 heterocycles. The third-order valence-electron chi connectivity index (χ3n) is 5.44. The van der Waals surface area contributed by atoms with Gasteiger partial charge in [-0.2, -0.15) is 4.31 Å². The third-order valence-corrected chi connectivity index (χ3v) is 8.22. The Bertz CT molecular complexity index is 1200. The van der Waals surface area contributed by atoms with E-state index in [9.17, 15) is 18.0 Å². The summed E-state index contributed by atoms with van der Waals surface area (Å²) in [6.07, 6.45) is 2.00. The van der Waals surface area contributed by atoms with E-state index in [0.29, 0.717) is 30.9 Å². The zero-order chi connectivity index (χ0) is 23.3. The average molecular weight is 484 g/mol. The largest absolute Gasteiger partial charge is 0.351 e. The molecule has 0 radical (unpaired) electrons. The number of rotatable bonds is 8. The van der Waals surface area contributed by atoms with Crippen molar-refractivity contribution in [1.82, 2.24) is 9.62 Å². The first-order chi connectivity index (χ1) is 15.9. The number of sulfonamides is 1. The highest BCUT2D eigenvalue weighted by molar-refractivity contribution is 7.89. The van der Waals surface area contributed by atoms with Gasteiger partial charge in [-0.25, -0.2) is 8.42 Å². The van der Waals surface area contributed by atoms with Crippen LogP contribution in [0.4, 0.5) is 5.69 Å². The monoisotopic (exact) mass is 483 g/mol. The number of anilines is 1. The first-order valence-electron chi connectivity index (χ1n) is 10.7. The molecule has 1 aromatic heterocycles. The normalized spacial score (nSPS) is 14.2. The highest BCUT2D eigenvalue weighted by Gasteiger charge is 2.27. The summed E-state index contributed by atoms with van der Waals surface area (Å²) in [5, 5.41) is 7.66. The summed E-state index contributed by atoms with van der Waals surface area (Å²) in [6, 6.07) is 17.0. The molecule has 0 aliphatic carbocycles.